The zero-order valence-corrected chi connectivity index (χ0v) is 19.2. The van der Waals surface area contributed by atoms with Gasteiger partial charge in [0.1, 0.15) is 12.6 Å². The number of carbonyl (C=O) groups is 4. The summed E-state index contributed by atoms with van der Waals surface area (Å²) in [6, 6.07) is 12.6. The number of aliphatic carboxylic acids is 1. The molecule has 2 atom stereocenters. The second kappa shape index (κ2) is 10.8. The molecular weight excluding hydrogens is 440 g/mol. The molecule has 1 aliphatic carbocycles. The number of carbonyl (C=O) groups excluding carboxylic acids is 3. The molecule has 2 aromatic rings. The van der Waals surface area contributed by atoms with E-state index in [1.165, 1.54) is 0 Å². The smallest absolute Gasteiger partial charge is 0.408 e. The van der Waals surface area contributed by atoms with Crippen molar-refractivity contribution < 1.29 is 33.8 Å². The van der Waals surface area contributed by atoms with Crippen LogP contribution >= 0.6 is 0 Å². The lowest BCUT2D eigenvalue weighted by atomic mass is 9.98. The van der Waals surface area contributed by atoms with Gasteiger partial charge in [0, 0.05) is 5.92 Å². The molecule has 1 unspecified atom stereocenters. The molecule has 0 fully saturated rings. The van der Waals surface area contributed by atoms with Crippen molar-refractivity contribution in [3.8, 4) is 11.1 Å². The summed E-state index contributed by atoms with van der Waals surface area (Å²) in [6.07, 6.45) is -0.994. The second-order valence-corrected chi connectivity index (χ2v) is 8.22. The topological polar surface area (TPSA) is 131 Å². The first-order valence-electron chi connectivity index (χ1n) is 11.1. The maximum atomic E-state index is 12.7. The molecule has 0 radical (unpaired) electrons. The summed E-state index contributed by atoms with van der Waals surface area (Å²) in [5.41, 5.74) is 4.14. The van der Waals surface area contributed by atoms with Gasteiger partial charge in [-0.05, 0) is 35.1 Å². The number of rotatable bonds is 9. The first-order valence-corrected chi connectivity index (χ1v) is 11.1. The van der Waals surface area contributed by atoms with Gasteiger partial charge in [0.05, 0.1) is 6.61 Å². The first kappa shape index (κ1) is 24.8. The summed E-state index contributed by atoms with van der Waals surface area (Å²) in [6.45, 7) is 4.73. The third-order valence-electron chi connectivity index (χ3n) is 5.62. The van der Waals surface area contributed by atoms with Crippen molar-refractivity contribution in [2.45, 2.75) is 38.8 Å². The molecule has 0 saturated heterocycles. The lowest BCUT2D eigenvalue weighted by Gasteiger charge is -2.22. The Balaban J connectivity index is 1.71. The average Bonchev–Trinajstić information content (AvgIpc) is 3.13. The molecule has 2 amide bonds. The number of amides is 2. The maximum absolute atomic E-state index is 12.7. The van der Waals surface area contributed by atoms with Crippen LogP contribution in [0, 0.1) is 5.92 Å². The van der Waals surface area contributed by atoms with E-state index in [4.69, 9.17) is 9.47 Å². The van der Waals surface area contributed by atoms with Gasteiger partial charge < -0.3 is 19.9 Å². The summed E-state index contributed by atoms with van der Waals surface area (Å²) in [5.74, 6) is -3.91. The fraction of sp³-hybridized carbons (Fsp3) is 0.360. The number of carboxylic acid groups (broad SMARTS) is 1. The van der Waals surface area contributed by atoms with E-state index in [1.54, 1.807) is 20.8 Å². The Hall–Kier alpha value is -3.88. The molecule has 180 valence electrons. The fourth-order valence-electron chi connectivity index (χ4n) is 3.97. The van der Waals surface area contributed by atoms with Crippen LogP contribution in [0.5, 0.6) is 0 Å². The van der Waals surface area contributed by atoms with Crippen LogP contribution < -0.4 is 10.6 Å². The van der Waals surface area contributed by atoms with Crippen molar-refractivity contribution in [2.24, 2.45) is 5.92 Å². The summed E-state index contributed by atoms with van der Waals surface area (Å²) >= 11 is 0. The number of hydrogen-bond acceptors (Lipinski definition) is 6. The van der Waals surface area contributed by atoms with Crippen molar-refractivity contribution in [3.63, 3.8) is 0 Å². The van der Waals surface area contributed by atoms with Crippen molar-refractivity contribution in [1.82, 2.24) is 10.6 Å². The zero-order chi connectivity index (χ0) is 24.8. The summed E-state index contributed by atoms with van der Waals surface area (Å²) in [4.78, 5) is 49.0. The number of hydrogen-bond donors (Lipinski definition) is 3. The van der Waals surface area contributed by atoms with Crippen LogP contribution in [0.25, 0.3) is 11.1 Å². The van der Waals surface area contributed by atoms with Crippen molar-refractivity contribution in [1.29, 1.82) is 0 Å². The van der Waals surface area contributed by atoms with Crippen LogP contribution in [0.15, 0.2) is 48.5 Å². The molecule has 0 aromatic heterocycles. The number of ether oxygens (including phenoxy) is 2. The number of fused-ring (bicyclic) bond motifs is 3. The number of benzene rings is 2. The highest BCUT2D eigenvalue weighted by Crippen LogP contribution is 2.44. The molecule has 3 N–H and O–H groups in total. The van der Waals surface area contributed by atoms with Crippen molar-refractivity contribution in [2.75, 3.05) is 13.2 Å². The Morgan fingerprint density at radius 2 is 1.47 bits per heavy atom. The van der Waals surface area contributed by atoms with E-state index in [0.717, 1.165) is 22.3 Å². The van der Waals surface area contributed by atoms with Gasteiger partial charge in [0.2, 0.25) is 6.04 Å². The van der Waals surface area contributed by atoms with Gasteiger partial charge in [-0.1, -0.05) is 62.4 Å². The molecule has 34 heavy (non-hydrogen) atoms. The van der Waals surface area contributed by atoms with E-state index in [2.05, 4.69) is 10.6 Å². The summed E-state index contributed by atoms with van der Waals surface area (Å²) in [5, 5.41) is 13.8. The van der Waals surface area contributed by atoms with E-state index in [9.17, 15) is 24.3 Å². The monoisotopic (exact) mass is 468 g/mol. The highest BCUT2D eigenvalue weighted by Gasteiger charge is 2.35. The van der Waals surface area contributed by atoms with Crippen LogP contribution in [-0.2, 0) is 23.9 Å². The van der Waals surface area contributed by atoms with E-state index in [0.29, 0.717) is 0 Å². The SMILES string of the molecule is CCOC(=O)C(NC(=O)OCC1c2ccccc2-c2ccccc21)C(=O)N[C@H](C(=O)O)C(C)C. The van der Waals surface area contributed by atoms with E-state index >= 15 is 0 Å². The third-order valence-corrected chi connectivity index (χ3v) is 5.62. The molecule has 0 bridgehead atoms. The summed E-state index contributed by atoms with van der Waals surface area (Å²) in [7, 11) is 0. The van der Waals surface area contributed by atoms with Gasteiger partial charge in [0.15, 0.2) is 0 Å². The molecule has 9 heteroatoms. The molecule has 0 aliphatic heterocycles. The number of carboxylic acids is 1. The standard InChI is InChI=1S/C25H28N2O7/c1-4-33-24(31)21(22(28)26-20(14(2)3)23(29)30)27-25(32)34-13-19-17-11-7-5-9-15(17)16-10-6-8-12-18(16)19/h5-12,14,19-21H,4,13H2,1-3H3,(H,26,28)(H,27,32)(H,29,30)/t20-,21?/m0/s1. The van der Waals surface area contributed by atoms with Gasteiger partial charge in [-0.3, -0.25) is 10.1 Å². The van der Waals surface area contributed by atoms with Gasteiger partial charge in [-0.25, -0.2) is 14.4 Å². The number of alkyl carbamates (subject to hydrolysis) is 1. The second-order valence-electron chi connectivity index (χ2n) is 8.22. The summed E-state index contributed by atoms with van der Waals surface area (Å²) < 4.78 is 10.3. The first-order chi connectivity index (χ1) is 16.2. The fourth-order valence-corrected chi connectivity index (χ4v) is 3.97. The molecule has 1 aliphatic rings. The molecular formula is C25H28N2O7. The highest BCUT2D eigenvalue weighted by molar-refractivity contribution is 6.05. The quantitative estimate of drug-likeness (QED) is 0.381. The predicted octanol–water partition coefficient (Wildman–Crippen LogP) is 2.68. The molecule has 0 saturated carbocycles. The van der Waals surface area contributed by atoms with Crippen molar-refractivity contribution in [3.05, 3.63) is 59.7 Å². The Labute approximate surface area is 197 Å². The predicted molar refractivity (Wildman–Crippen MR) is 123 cm³/mol. The largest absolute Gasteiger partial charge is 0.480 e. The van der Waals surface area contributed by atoms with E-state index < -0.39 is 41.9 Å². The minimum atomic E-state index is -1.75. The van der Waals surface area contributed by atoms with Crippen LogP contribution in [0.4, 0.5) is 4.79 Å². The average molecular weight is 469 g/mol. The van der Waals surface area contributed by atoms with E-state index in [-0.39, 0.29) is 19.1 Å². The molecule has 3 rings (SSSR count). The highest BCUT2D eigenvalue weighted by atomic mass is 16.6. The van der Waals surface area contributed by atoms with Crippen LogP contribution in [0.1, 0.15) is 37.8 Å². The molecule has 2 aromatic carbocycles. The Morgan fingerprint density at radius 3 is 1.97 bits per heavy atom. The lowest BCUT2D eigenvalue weighted by Crippen LogP contribution is -2.56. The molecule has 0 heterocycles. The zero-order valence-electron chi connectivity index (χ0n) is 19.2. The van der Waals surface area contributed by atoms with Crippen LogP contribution in [0.2, 0.25) is 0 Å². The van der Waals surface area contributed by atoms with Gasteiger partial charge in [-0.2, -0.15) is 0 Å². The van der Waals surface area contributed by atoms with Gasteiger partial charge in [-0.15, -0.1) is 0 Å². The Morgan fingerprint density at radius 1 is 0.912 bits per heavy atom. The van der Waals surface area contributed by atoms with Crippen molar-refractivity contribution >= 4 is 23.9 Å². The Bertz CT molecular complexity index is 1040. The third kappa shape index (κ3) is 5.36. The number of esters is 1. The van der Waals surface area contributed by atoms with Gasteiger partial charge in [0.25, 0.3) is 5.91 Å². The minimum absolute atomic E-state index is 0.0131. The molecule has 9 nitrogen and oxygen atoms in total. The number of nitrogens with one attached hydrogen (secondary N) is 2. The minimum Gasteiger partial charge on any atom is -0.480 e. The van der Waals surface area contributed by atoms with Gasteiger partial charge >= 0.3 is 18.0 Å². The van der Waals surface area contributed by atoms with Crippen LogP contribution in [0.3, 0.4) is 0 Å². The van der Waals surface area contributed by atoms with Crippen LogP contribution in [-0.4, -0.2) is 54.3 Å². The molecule has 0 spiro atoms. The normalized spacial score (nSPS) is 13.9. The Kier molecular flexibility index (Phi) is 7.88. The van der Waals surface area contributed by atoms with E-state index in [1.807, 2.05) is 48.5 Å². The maximum Gasteiger partial charge on any atom is 0.408 e. The lowest BCUT2D eigenvalue weighted by molar-refractivity contribution is -0.151.